The van der Waals surface area contributed by atoms with E-state index in [2.05, 4.69) is 10.2 Å². The zero-order valence-corrected chi connectivity index (χ0v) is 12.1. The summed E-state index contributed by atoms with van der Waals surface area (Å²) in [5.41, 5.74) is 0. The first-order valence-corrected chi connectivity index (χ1v) is 6.79. The number of aliphatic carboxylic acids is 1. The molecule has 1 saturated heterocycles. The average Bonchev–Trinajstić information content (AvgIpc) is 2.35. The average molecular weight is 271 g/mol. The molecule has 1 unspecified atom stereocenters. The standard InChI is InChI=1S/C13H25N3O3/c1-10(9-15(2)3)14-8-12(17)16-6-4-11(5-7-16)13(18)19/h10-11,14H,4-9H2,1-3H3,(H,18,19). The molecule has 0 aromatic rings. The summed E-state index contributed by atoms with van der Waals surface area (Å²) in [4.78, 5) is 26.6. The van der Waals surface area contributed by atoms with Crippen LogP contribution in [0.2, 0.25) is 0 Å². The summed E-state index contributed by atoms with van der Waals surface area (Å²) in [5.74, 6) is -0.969. The fourth-order valence-electron chi connectivity index (χ4n) is 2.36. The SMILES string of the molecule is CC(CN(C)C)NCC(=O)N1CCC(C(=O)O)CC1. The summed E-state index contributed by atoms with van der Waals surface area (Å²) >= 11 is 0. The van der Waals surface area contributed by atoms with E-state index >= 15 is 0 Å². The van der Waals surface area contributed by atoms with E-state index in [9.17, 15) is 9.59 Å². The van der Waals surface area contributed by atoms with Crippen molar-refractivity contribution in [2.24, 2.45) is 5.92 Å². The number of likely N-dealkylation sites (N-methyl/N-ethyl adjacent to an activating group) is 1. The molecule has 1 heterocycles. The Kier molecular flexibility index (Phi) is 6.24. The molecule has 0 aliphatic carbocycles. The molecule has 6 heteroatoms. The molecule has 0 saturated carbocycles. The van der Waals surface area contributed by atoms with Gasteiger partial charge in [0.1, 0.15) is 0 Å². The van der Waals surface area contributed by atoms with Crippen molar-refractivity contribution in [1.29, 1.82) is 0 Å². The van der Waals surface area contributed by atoms with Gasteiger partial charge in [-0.25, -0.2) is 0 Å². The van der Waals surface area contributed by atoms with Crippen molar-refractivity contribution in [3.05, 3.63) is 0 Å². The molecule has 1 fully saturated rings. The van der Waals surface area contributed by atoms with E-state index in [-0.39, 0.29) is 17.9 Å². The van der Waals surface area contributed by atoms with Crippen LogP contribution >= 0.6 is 0 Å². The van der Waals surface area contributed by atoms with E-state index in [0.717, 1.165) is 6.54 Å². The van der Waals surface area contributed by atoms with Crippen molar-refractivity contribution < 1.29 is 14.7 Å². The number of carbonyl (C=O) groups excluding carboxylic acids is 1. The first-order valence-electron chi connectivity index (χ1n) is 6.79. The van der Waals surface area contributed by atoms with Gasteiger partial charge >= 0.3 is 5.97 Å². The Morgan fingerprint density at radius 1 is 1.37 bits per heavy atom. The van der Waals surface area contributed by atoms with Crippen LogP contribution in [0, 0.1) is 5.92 Å². The monoisotopic (exact) mass is 271 g/mol. The van der Waals surface area contributed by atoms with Crippen LogP contribution in [-0.4, -0.2) is 73.1 Å². The largest absolute Gasteiger partial charge is 0.481 e. The number of rotatable bonds is 6. The van der Waals surface area contributed by atoms with Gasteiger partial charge in [-0.1, -0.05) is 0 Å². The second-order valence-electron chi connectivity index (χ2n) is 5.54. The molecular formula is C13H25N3O3. The highest BCUT2D eigenvalue weighted by molar-refractivity contribution is 5.79. The molecule has 1 rings (SSSR count). The summed E-state index contributed by atoms with van der Waals surface area (Å²) in [6, 6.07) is 0.260. The lowest BCUT2D eigenvalue weighted by molar-refractivity contribution is -0.145. The fourth-order valence-corrected chi connectivity index (χ4v) is 2.36. The maximum absolute atomic E-state index is 12.0. The van der Waals surface area contributed by atoms with Crippen LogP contribution in [0.15, 0.2) is 0 Å². The van der Waals surface area contributed by atoms with Crippen LogP contribution in [0.25, 0.3) is 0 Å². The minimum absolute atomic E-state index is 0.0643. The first kappa shape index (κ1) is 15.9. The summed E-state index contributed by atoms with van der Waals surface area (Å²) in [7, 11) is 3.99. The smallest absolute Gasteiger partial charge is 0.306 e. The van der Waals surface area contributed by atoms with E-state index < -0.39 is 5.97 Å². The van der Waals surface area contributed by atoms with Crippen LogP contribution in [0.1, 0.15) is 19.8 Å². The van der Waals surface area contributed by atoms with E-state index in [1.54, 1.807) is 4.90 Å². The maximum atomic E-state index is 12.0. The Hall–Kier alpha value is -1.14. The van der Waals surface area contributed by atoms with E-state index in [4.69, 9.17) is 5.11 Å². The first-order chi connectivity index (χ1) is 8.90. The number of nitrogens with zero attached hydrogens (tertiary/aromatic N) is 2. The van der Waals surface area contributed by atoms with E-state index in [0.29, 0.717) is 32.5 Å². The van der Waals surface area contributed by atoms with Gasteiger partial charge in [-0.05, 0) is 33.9 Å². The number of carboxylic acids is 1. The van der Waals surface area contributed by atoms with Gasteiger partial charge in [-0.3, -0.25) is 9.59 Å². The summed E-state index contributed by atoms with van der Waals surface area (Å²) in [6.45, 7) is 4.37. The highest BCUT2D eigenvalue weighted by atomic mass is 16.4. The van der Waals surface area contributed by atoms with Gasteiger partial charge in [0.15, 0.2) is 0 Å². The van der Waals surface area contributed by atoms with E-state index in [1.807, 2.05) is 21.0 Å². The minimum Gasteiger partial charge on any atom is -0.481 e. The topological polar surface area (TPSA) is 72.9 Å². The lowest BCUT2D eigenvalue weighted by Crippen LogP contribution is -2.46. The van der Waals surface area contributed by atoms with Crippen LogP contribution in [0.5, 0.6) is 0 Å². The maximum Gasteiger partial charge on any atom is 0.306 e. The second kappa shape index (κ2) is 7.45. The van der Waals surface area contributed by atoms with Crippen molar-refractivity contribution in [2.75, 3.05) is 40.3 Å². The molecule has 110 valence electrons. The molecule has 0 radical (unpaired) electrons. The lowest BCUT2D eigenvalue weighted by atomic mass is 9.97. The number of carboxylic acid groups (broad SMARTS) is 1. The van der Waals surface area contributed by atoms with Gasteiger partial charge in [-0.2, -0.15) is 0 Å². The van der Waals surface area contributed by atoms with Gasteiger partial charge in [0.25, 0.3) is 0 Å². The zero-order chi connectivity index (χ0) is 14.4. The Morgan fingerprint density at radius 3 is 2.42 bits per heavy atom. The van der Waals surface area contributed by atoms with Gasteiger partial charge < -0.3 is 20.2 Å². The quantitative estimate of drug-likeness (QED) is 0.703. The molecule has 0 aromatic heterocycles. The molecule has 0 bridgehead atoms. The van der Waals surface area contributed by atoms with Crippen molar-refractivity contribution in [3.63, 3.8) is 0 Å². The Morgan fingerprint density at radius 2 is 1.95 bits per heavy atom. The number of amides is 1. The molecule has 1 amide bonds. The van der Waals surface area contributed by atoms with Gasteiger partial charge in [-0.15, -0.1) is 0 Å². The number of piperidine rings is 1. The third-order valence-electron chi connectivity index (χ3n) is 3.44. The van der Waals surface area contributed by atoms with Crippen LogP contribution < -0.4 is 5.32 Å². The molecular weight excluding hydrogens is 246 g/mol. The van der Waals surface area contributed by atoms with Crippen LogP contribution in [-0.2, 0) is 9.59 Å². The summed E-state index contributed by atoms with van der Waals surface area (Å²) in [6.07, 6.45) is 1.13. The van der Waals surface area contributed by atoms with Crippen LogP contribution in [0.4, 0.5) is 0 Å². The third-order valence-corrected chi connectivity index (χ3v) is 3.44. The van der Waals surface area contributed by atoms with Crippen molar-refractivity contribution >= 4 is 11.9 Å². The van der Waals surface area contributed by atoms with Crippen molar-refractivity contribution in [2.45, 2.75) is 25.8 Å². The number of carbonyl (C=O) groups is 2. The number of hydrogen-bond acceptors (Lipinski definition) is 4. The molecule has 1 atom stereocenters. The Balaban J connectivity index is 2.26. The zero-order valence-electron chi connectivity index (χ0n) is 12.1. The van der Waals surface area contributed by atoms with Gasteiger partial charge in [0, 0.05) is 25.7 Å². The molecule has 6 nitrogen and oxygen atoms in total. The highest BCUT2D eigenvalue weighted by Gasteiger charge is 2.26. The number of nitrogens with one attached hydrogen (secondary N) is 1. The molecule has 0 spiro atoms. The predicted molar refractivity (Wildman–Crippen MR) is 73.0 cm³/mol. The van der Waals surface area contributed by atoms with E-state index in [1.165, 1.54) is 0 Å². The summed E-state index contributed by atoms with van der Waals surface area (Å²) < 4.78 is 0. The molecule has 1 aliphatic heterocycles. The Bertz CT molecular complexity index is 312. The third kappa shape index (κ3) is 5.57. The number of hydrogen-bond donors (Lipinski definition) is 2. The highest BCUT2D eigenvalue weighted by Crippen LogP contribution is 2.17. The molecule has 19 heavy (non-hydrogen) atoms. The van der Waals surface area contributed by atoms with Gasteiger partial charge in [0.05, 0.1) is 12.5 Å². The predicted octanol–water partition coefficient (Wildman–Crippen LogP) is -0.151. The fraction of sp³-hybridized carbons (Fsp3) is 0.846. The van der Waals surface area contributed by atoms with Crippen LogP contribution in [0.3, 0.4) is 0 Å². The molecule has 1 aliphatic rings. The summed E-state index contributed by atoms with van der Waals surface area (Å²) in [5, 5.41) is 12.1. The normalized spacial score (nSPS) is 18.6. The number of likely N-dealkylation sites (tertiary alicyclic amines) is 1. The Labute approximate surface area is 114 Å². The van der Waals surface area contributed by atoms with Gasteiger partial charge in [0.2, 0.25) is 5.91 Å². The molecule has 2 N–H and O–H groups in total. The minimum atomic E-state index is -0.746. The van der Waals surface area contributed by atoms with Crippen molar-refractivity contribution in [1.82, 2.24) is 15.1 Å². The molecule has 0 aromatic carbocycles. The second-order valence-corrected chi connectivity index (χ2v) is 5.54. The lowest BCUT2D eigenvalue weighted by Gasteiger charge is -2.30. The van der Waals surface area contributed by atoms with Crippen molar-refractivity contribution in [3.8, 4) is 0 Å².